The predicted molar refractivity (Wildman–Crippen MR) is 67.9 cm³/mol. The molecule has 3 rings (SSSR count). The number of nitrogens with zero attached hydrogens (tertiary/aromatic N) is 2. The highest BCUT2D eigenvalue weighted by atomic mass is 32.1. The van der Waals surface area contributed by atoms with Gasteiger partial charge in [0.05, 0.1) is 6.33 Å². The average Bonchev–Trinajstić information content (AvgIpc) is 3.07. The number of thiophene rings is 1. The molecular formula is C13H12N2S. The van der Waals surface area contributed by atoms with Gasteiger partial charge in [-0.05, 0) is 22.9 Å². The quantitative estimate of drug-likeness (QED) is 0.622. The fraction of sp³-hybridized carbons (Fsp3) is 0. The molecule has 80 valence electrons. The molecule has 0 aliphatic heterocycles. The van der Waals surface area contributed by atoms with E-state index in [4.69, 9.17) is 0 Å². The fourth-order valence-electron chi connectivity index (χ4n) is 1.24. The molecule has 0 aliphatic rings. The van der Waals surface area contributed by atoms with Crippen molar-refractivity contribution in [1.29, 1.82) is 0 Å². The number of rotatable bonds is 1. The zero-order valence-corrected chi connectivity index (χ0v) is 9.55. The van der Waals surface area contributed by atoms with Crippen LogP contribution in [0.5, 0.6) is 0 Å². The van der Waals surface area contributed by atoms with E-state index in [2.05, 4.69) is 4.98 Å². The highest BCUT2D eigenvalue weighted by Gasteiger charge is 1.89. The molecule has 0 bridgehead atoms. The van der Waals surface area contributed by atoms with Crippen molar-refractivity contribution in [3.05, 3.63) is 71.9 Å². The van der Waals surface area contributed by atoms with Crippen LogP contribution in [0.1, 0.15) is 0 Å². The Morgan fingerprint density at radius 3 is 2.19 bits per heavy atom. The third kappa shape index (κ3) is 3.07. The molecule has 0 aliphatic carbocycles. The summed E-state index contributed by atoms with van der Waals surface area (Å²) in [7, 11) is 0. The van der Waals surface area contributed by atoms with E-state index in [0.717, 1.165) is 5.69 Å². The molecule has 0 unspecified atom stereocenters. The standard InChI is InChI=1S/C9H8N2.C4H4S/c1-2-4-9(5-3-1)11-7-6-10-8-11;1-2-4-5-3-1/h1-8H;1-4H. The van der Waals surface area contributed by atoms with Crippen molar-refractivity contribution in [1.82, 2.24) is 9.55 Å². The first-order valence-corrected chi connectivity index (χ1v) is 5.91. The topological polar surface area (TPSA) is 17.8 Å². The molecule has 0 spiro atoms. The lowest BCUT2D eigenvalue weighted by Gasteiger charge is -1.98. The fourth-order valence-corrected chi connectivity index (χ4v) is 1.69. The Labute approximate surface area is 98.8 Å². The summed E-state index contributed by atoms with van der Waals surface area (Å²) in [6.07, 6.45) is 5.48. The maximum Gasteiger partial charge on any atom is 0.0991 e. The van der Waals surface area contributed by atoms with Gasteiger partial charge in [0, 0.05) is 18.1 Å². The van der Waals surface area contributed by atoms with E-state index in [1.165, 1.54) is 0 Å². The van der Waals surface area contributed by atoms with Crippen molar-refractivity contribution in [3.63, 3.8) is 0 Å². The second-order valence-corrected chi connectivity index (χ2v) is 3.92. The summed E-state index contributed by atoms with van der Waals surface area (Å²) in [5, 5.41) is 4.08. The second-order valence-electron chi connectivity index (χ2n) is 3.10. The summed E-state index contributed by atoms with van der Waals surface area (Å²) in [6, 6.07) is 14.1. The van der Waals surface area contributed by atoms with Crippen LogP contribution in [0.2, 0.25) is 0 Å². The maximum atomic E-state index is 3.96. The van der Waals surface area contributed by atoms with Crippen molar-refractivity contribution in [2.45, 2.75) is 0 Å². The summed E-state index contributed by atoms with van der Waals surface area (Å²) in [5.74, 6) is 0. The molecule has 16 heavy (non-hydrogen) atoms. The molecule has 2 aromatic heterocycles. The second kappa shape index (κ2) is 5.88. The van der Waals surface area contributed by atoms with Crippen LogP contribution in [-0.4, -0.2) is 9.55 Å². The monoisotopic (exact) mass is 228 g/mol. The van der Waals surface area contributed by atoms with E-state index >= 15 is 0 Å². The Morgan fingerprint density at radius 2 is 1.69 bits per heavy atom. The molecule has 0 fully saturated rings. The first-order chi connectivity index (χ1) is 7.97. The number of hydrogen-bond acceptors (Lipinski definition) is 2. The normalized spacial score (nSPS) is 9.25. The molecule has 0 N–H and O–H groups in total. The van der Waals surface area contributed by atoms with E-state index < -0.39 is 0 Å². The summed E-state index contributed by atoms with van der Waals surface area (Å²) in [6.45, 7) is 0. The Bertz CT molecular complexity index is 455. The van der Waals surface area contributed by atoms with Crippen LogP contribution in [0.3, 0.4) is 0 Å². The molecule has 2 nitrogen and oxygen atoms in total. The highest BCUT2D eigenvalue weighted by molar-refractivity contribution is 7.07. The van der Waals surface area contributed by atoms with Gasteiger partial charge < -0.3 is 4.57 Å². The van der Waals surface area contributed by atoms with Crippen LogP contribution < -0.4 is 0 Å². The summed E-state index contributed by atoms with van der Waals surface area (Å²) >= 11 is 1.71. The van der Waals surface area contributed by atoms with Gasteiger partial charge >= 0.3 is 0 Å². The van der Waals surface area contributed by atoms with Crippen LogP contribution in [0.15, 0.2) is 71.9 Å². The Morgan fingerprint density at radius 1 is 0.938 bits per heavy atom. The first-order valence-electron chi connectivity index (χ1n) is 4.97. The van der Waals surface area contributed by atoms with Gasteiger partial charge in [0.2, 0.25) is 0 Å². The van der Waals surface area contributed by atoms with Crippen LogP contribution >= 0.6 is 11.3 Å². The van der Waals surface area contributed by atoms with E-state index in [9.17, 15) is 0 Å². The van der Waals surface area contributed by atoms with E-state index in [-0.39, 0.29) is 0 Å². The van der Waals surface area contributed by atoms with Gasteiger partial charge in [-0.1, -0.05) is 30.3 Å². The summed E-state index contributed by atoms with van der Waals surface area (Å²) in [4.78, 5) is 3.96. The van der Waals surface area contributed by atoms with Gasteiger partial charge in [0.15, 0.2) is 0 Å². The zero-order chi connectivity index (χ0) is 11.1. The lowest BCUT2D eigenvalue weighted by Crippen LogP contribution is -1.87. The molecule has 0 atom stereocenters. The van der Waals surface area contributed by atoms with Crippen molar-refractivity contribution in [2.24, 2.45) is 0 Å². The molecule has 2 heterocycles. The minimum absolute atomic E-state index is 1.14. The summed E-state index contributed by atoms with van der Waals surface area (Å²) in [5.41, 5.74) is 1.14. The smallest absolute Gasteiger partial charge is 0.0991 e. The molecule has 1 aromatic carbocycles. The Hall–Kier alpha value is -1.87. The van der Waals surface area contributed by atoms with Gasteiger partial charge in [-0.25, -0.2) is 4.98 Å². The van der Waals surface area contributed by atoms with Crippen LogP contribution in [0, 0.1) is 0 Å². The van der Waals surface area contributed by atoms with Crippen LogP contribution in [0.25, 0.3) is 5.69 Å². The van der Waals surface area contributed by atoms with Crippen molar-refractivity contribution in [2.75, 3.05) is 0 Å². The highest BCUT2D eigenvalue weighted by Crippen LogP contribution is 2.04. The Balaban J connectivity index is 0.000000162. The van der Waals surface area contributed by atoms with Gasteiger partial charge in [0.25, 0.3) is 0 Å². The number of hydrogen-bond donors (Lipinski definition) is 0. The molecular weight excluding hydrogens is 216 g/mol. The molecule has 0 saturated heterocycles. The van der Waals surface area contributed by atoms with E-state index in [1.807, 2.05) is 64.0 Å². The van der Waals surface area contributed by atoms with Crippen molar-refractivity contribution >= 4 is 11.3 Å². The largest absolute Gasteiger partial charge is 0.306 e. The SMILES string of the molecule is c1ccc(-n2ccnc2)cc1.c1ccsc1. The first kappa shape index (κ1) is 10.6. The van der Waals surface area contributed by atoms with Gasteiger partial charge in [-0.2, -0.15) is 11.3 Å². The maximum absolute atomic E-state index is 3.96. The minimum atomic E-state index is 1.14. The molecule has 0 amide bonds. The third-order valence-corrected chi connectivity index (χ3v) is 2.61. The van der Waals surface area contributed by atoms with Gasteiger partial charge in [-0.3, -0.25) is 0 Å². The molecule has 0 radical (unpaired) electrons. The third-order valence-electron chi connectivity index (χ3n) is 1.98. The lowest BCUT2D eigenvalue weighted by atomic mass is 10.3. The number of aromatic nitrogens is 2. The Kier molecular flexibility index (Phi) is 3.91. The average molecular weight is 228 g/mol. The predicted octanol–water partition coefficient (Wildman–Crippen LogP) is 3.62. The van der Waals surface area contributed by atoms with Crippen LogP contribution in [0.4, 0.5) is 0 Å². The van der Waals surface area contributed by atoms with Gasteiger partial charge in [0.1, 0.15) is 0 Å². The van der Waals surface area contributed by atoms with Crippen LogP contribution in [-0.2, 0) is 0 Å². The number of benzene rings is 1. The van der Waals surface area contributed by atoms with Gasteiger partial charge in [-0.15, -0.1) is 0 Å². The minimum Gasteiger partial charge on any atom is -0.306 e. The number of imidazole rings is 1. The summed E-state index contributed by atoms with van der Waals surface area (Å²) < 4.78 is 1.97. The molecule has 3 heteroatoms. The molecule has 3 aromatic rings. The van der Waals surface area contributed by atoms with E-state index in [0.29, 0.717) is 0 Å². The van der Waals surface area contributed by atoms with E-state index in [1.54, 1.807) is 23.9 Å². The zero-order valence-electron chi connectivity index (χ0n) is 8.73. The van der Waals surface area contributed by atoms with Crippen molar-refractivity contribution < 1.29 is 0 Å². The lowest BCUT2D eigenvalue weighted by molar-refractivity contribution is 1.06. The number of para-hydroxylation sites is 1. The van der Waals surface area contributed by atoms with Crippen molar-refractivity contribution in [3.8, 4) is 5.69 Å². The molecule has 0 saturated carbocycles.